The summed E-state index contributed by atoms with van der Waals surface area (Å²) >= 11 is 0. The van der Waals surface area contributed by atoms with Crippen LogP contribution in [0.15, 0.2) is 255 Å². The van der Waals surface area contributed by atoms with Crippen molar-refractivity contribution in [3.8, 4) is 50.2 Å². The number of benzene rings is 11. The lowest BCUT2D eigenvalue weighted by Gasteiger charge is -2.28. The first-order chi connectivity index (χ1) is 31.8. The van der Waals surface area contributed by atoms with E-state index >= 15 is 0 Å². The maximum atomic E-state index is 2.41. The summed E-state index contributed by atoms with van der Waals surface area (Å²) in [5.41, 5.74) is 16.3. The van der Waals surface area contributed by atoms with Gasteiger partial charge in [-0.3, -0.25) is 0 Å². The van der Waals surface area contributed by atoms with Gasteiger partial charge in [-0.15, -0.1) is 0 Å². The standard InChI is InChI=1S/C62H42N2/c1-3-17-43(18-4-1)44-33-37-50(38-34-44)63(51-39-35-45(36-40-51)58-42-48-19-7-8-24-52(48)55-26-9-10-27-56(55)58)59-30-13-11-25-53(59)46-20-15-21-47(41-46)54-29-16-32-61-62(54)57-28-12-14-31-60(57)64(61)49-22-5-2-6-23-49/h1-42H. The van der Waals surface area contributed by atoms with Gasteiger partial charge in [0.15, 0.2) is 0 Å². The Kier molecular flexibility index (Phi) is 9.20. The summed E-state index contributed by atoms with van der Waals surface area (Å²) in [6.07, 6.45) is 0. The minimum atomic E-state index is 1.09. The fourth-order valence-corrected chi connectivity index (χ4v) is 9.83. The normalized spacial score (nSPS) is 11.4. The highest BCUT2D eigenvalue weighted by molar-refractivity contribution is 6.16. The van der Waals surface area contributed by atoms with Gasteiger partial charge in [-0.1, -0.05) is 188 Å². The van der Waals surface area contributed by atoms with Crippen LogP contribution in [0.3, 0.4) is 0 Å². The molecule has 64 heavy (non-hydrogen) atoms. The highest BCUT2D eigenvalue weighted by atomic mass is 15.1. The zero-order chi connectivity index (χ0) is 42.4. The van der Waals surface area contributed by atoms with Gasteiger partial charge in [-0.2, -0.15) is 0 Å². The molecule has 300 valence electrons. The average Bonchev–Trinajstić information content (AvgIpc) is 3.72. The molecule has 12 rings (SSSR count). The van der Waals surface area contributed by atoms with Crippen LogP contribution in [0, 0.1) is 0 Å². The summed E-state index contributed by atoms with van der Waals surface area (Å²) in [4.78, 5) is 2.41. The van der Waals surface area contributed by atoms with Crippen molar-refractivity contribution in [2.45, 2.75) is 0 Å². The van der Waals surface area contributed by atoms with Gasteiger partial charge in [-0.25, -0.2) is 0 Å². The fraction of sp³-hybridized carbons (Fsp3) is 0. The van der Waals surface area contributed by atoms with Crippen LogP contribution in [0.4, 0.5) is 17.1 Å². The van der Waals surface area contributed by atoms with E-state index in [1.54, 1.807) is 0 Å². The lowest BCUT2D eigenvalue weighted by Crippen LogP contribution is -2.11. The number of hydrogen-bond donors (Lipinski definition) is 0. The van der Waals surface area contributed by atoms with E-state index in [1.165, 1.54) is 76.7 Å². The van der Waals surface area contributed by atoms with Crippen molar-refractivity contribution < 1.29 is 0 Å². The Balaban J connectivity index is 0.999. The number of para-hydroxylation sites is 3. The summed E-state index contributed by atoms with van der Waals surface area (Å²) in [6, 6.07) is 92.6. The third-order valence-electron chi connectivity index (χ3n) is 12.8. The van der Waals surface area contributed by atoms with Gasteiger partial charge >= 0.3 is 0 Å². The van der Waals surface area contributed by atoms with Crippen LogP contribution in [0.25, 0.3) is 93.5 Å². The van der Waals surface area contributed by atoms with Gasteiger partial charge in [0.25, 0.3) is 0 Å². The predicted molar refractivity (Wildman–Crippen MR) is 272 cm³/mol. The minimum absolute atomic E-state index is 1.09. The molecule has 0 aliphatic heterocycles. The molecule has 0 N–H and O–H groups in total. The molecule has 0 saturated heterocycles. The first kappa shape index (κ1) is 37.3. The van der Waals surface area contributed by atoms with Crippen molar-refractivity contribution in [1.82, 2.24) is 4.57 Å². The van der Waals surface area contributed by atoms with Crippen LogP contribution in [-0.4, -0.2) is 4.57 Å². The van der Waals surface area contributed by atoms with Gasteiger partial charge < -0.3 is 9.47 Å². The van der Waals surface area contributed by atoms with Crippen molar-refractivity contribution >= 4 is 60.4 Å². The summed E-state index contributed by atoms with van der Waals surface area (Å²) < 4.78 is 2.39. The Labute approximate surface area is 373 Å². The van der Waals surface area contributed by atoms with E-state index in [0.717, 1.165) is 33.9 Å². The molecule has 1 heterocycles. The first-order valence-electron chi connectivity index (χ1n) is 22.0. The van der Waals surface area contributed by atoms with Gasteiger partial charge in [0.1, 0.15) is 0 Å². The van der Waals surface area contributed by atoms with Gasteiger partial charge in [0.2, 0.25) is 0 Å². The van der Waals surface area contributed by atoms with Crippen LogP contribution in [-0.2, 0) is 0 Å². The third-order valence-corrected chi connectivity index (χ3v) is 12.8. The first-order valence-corrected chi connectivity index (χ1v) is 22.0. The second-order valence-electron chi connectivity index (χ2n) is 16.5. The average molecular weight is 815 g/mol. The number of hydrogen-bond acceptors (Lipinski definition) is 1. The highest BCUT2D eigenvalue weighted by Gasteiger charge is 2.20. The summed E-state index contributed by atoms with van der Waals surface area (Å²) in [5, 5.41) is 7.55. The quantitative estimate of drug-likeness (QED) is 0.139. The Morgan fingerprint density at radius 2 is 0.797 bits per heavy atom. The molecule has 0 fully saturated rings. The van der Waals surface area contributed by atoms with Gasteiger partial charge in [0.05, 0.1) is 16.7 Å². The van der Waals surface area contributed by atoms with Gasteiger partial charge in [-0.05, 0) is 127 Å². The lowest BCUT2D eigenvalue weighted by molar-refractivity contribution is 1.18. The number of anilines is 3. The molecule has 0 bridgehead atoms. The molecule has 11 aromatic carbocycles. The summed E-state index contributed by atoms with van der Waals surface area (Å²) in [5.74, 6) is 0. The second kappa shape index (κ2) is 15.8. The molecule has 0 spiro atoms. The molecule has 0 aliphatic carbocycles. The second-order valence-corrected chi connectivity index (χ2v) is 16.5. The molecule has 0 aliphatic rings. The molecule has 12 aromatic rings. The molecule has 2 heteroatoms. The Morgan fingerprint density at radius 1 is 0.281 bits per heavy atom. The maximum Gasteiger partial charge on any atom is 0.0547 e. The van der Waals surface area contributed by atoms with E-state index in [0.29, 0.717) is 0 Å². The largest absolute Gasteiger partial charge is 0.310 e. The molecule has 1 aromatic heterocycles. The van der Waals surface area contributed by atoms with Gasteiger partial charge in [0, 0.05) is 33.4 Å². The van der Waals surface area contributed by atoms with E-state index in [1.807, 2.05) is 0 Å². The zero-order valence-corrected chi connectivity index (χ0v) is 35.1. The molecule has 0 amide bonds. The SMILES string of the molecule is c1ccc(-c2ccc(N(c3ccc(-c4cc5ccccc5c5ccccc45)cc3)c3ccccc3-c3cccc(-c4cccc5c4c4ccccc4n5-c4ccccc4)c3)cc2)cc1. The molecule has 0 radical (unpaired) electrons. The molecular weight excluding hydrogens is 773 g/mol. The number of aromatic nitrogens is 1. The summed E-state index contributed by atoms with van der Waals surface area (Å²) in [6.45, 7) is 0. The zero-order valence-electron chi connectivity index (χ0n) is 35.1. The van der Waals surface area contributed by atoms with E-state index < -0.39 is 0 Å². The highest BCUT2D eigenvalue weighted by Crippen LogP contribution is 2.45. The molecule has 0 unspecified atom stereocenters. The van der Waals surface area contributed by atoms with E-state index in [2.05, 4.69) is 264 Å². The molecule has 0 atom stereocenters. The molecule has 0 saturated carbocycles. The Morgan fingerprint density at radius 3 is 1.56 bits per heavy atom. The van der Waals surface area contributed by atoms with E-state index in [-0.39, 0.29) is 0 Å². The molecule has 2 nitrogen and oxygen atoms in total. The smallest absolute Gasteiger partial charge is 0.0547 e. The van der Waals surface area contributed by atoms with Crippen LogP contribution >= 0.6 is 0 Å². The predicted octanol–water partition coefficient (Wildman–Crippen LogP) is 17.2. The monoisotopic (exact) mass is 814 g/mol. The number of fused-ring (bicyclic) bond motifs is 6. The third kappa shape index (κ3) is 6.44. The summed E-state index contributed by atoms with van der Waals surface area (Å²) in [7, 11) is 0. The Hall–Kier alpha value is -8.46. The number of nitrogens with zero attached hydrogens (tertiary/aromatic N) is 2. The van der Waals surface area contributed by atoms with Crippen LogP contribution in [0.1, 0.15) is 0 Å². The fourth-order valence-electron chi connectivity index (χ4n) is 9.83. The van der Waals surface area contributed by atoms with Crippen molar-refractivity contribution in [3.05, 3.63) is 255 Å². The van der Waals surface area contributed by atoms with Crippen LogP contribution in [0.2, 0.25) is 0 Å². The van der Waals surface area contributed by atoms with Crippen molar-refractivity contribution in [2.24, 2.45) is 0 Å². The van der Waals surface area contributed by atoms with Crippen molar-refractivity contribution in [1.29, 1.82) is 0 Å². The van der Waals surface area contributed by atoms with E-state index in [4.69, 9.17) is 0 Å². The van der Waals surface area contributed by atoms with E-state index in [9.17, 15) is 0 Å². The van der Waals surface area contributed by atoms with Crippen LogP contribution < -0.4 is 4.90 Å². The topological polar surface area (TPSA) is 8.17 Å². The Bertz CT molecular complexity index is 3640. The van der Waals surface area contributed by atoms with Crippen molar-refractivity contribution in [2.75, 3.05) is 4.90 Å². The lowest BCUT2D eigenvalue weighted by atomic mass is 9.93. The number of rotatable bonds is 8. The molecular formula is C62H42N2. The maximum absolute atomic E-state index is 2.41. The van der Waals surface area contributed by atoms with Crippen LogP contribution in [0.5, 0.6) is 0 Å². The van der Waals surface area contributed by atoms with Crippen molar-refractivity contribution in [3.63, 3.8) is 0 Å². The minimum Gasteiger partial charge on any atom is -0.310 e.